The average Bonchev–Trinajstić information content (AvgIpc) is 3.04. The number of hydrogen-bond donors (Lipinski definition) is 2. The maximum Gasteiger partial charge on any atom is 0.279 e. The number of anilines is 2. The molecule has 3 aromatic rings. The molecule has 0 unspecified atom stereocenters. The smallest absolute Gasteiger partial charge is 0.279 e. The van der Waals surface area contributed by atoms with Gasteiger partial charge in [-0.25, -0.2) is 0 Å². The zero-order valence-corrected chi connectivity index (χ0v) is 20.0. The molecule has 178 valence electrons. The van der Waals surface area contributed by atoms with Crippen molar-refractivity contribution in [3.8, 4) is 5.75 Å². The molecule has 4 rings (SSSR count). The Hall–Kier alpha value is -4.10. The van der Waals surface area contributed by atoms with Crippen LogP contribution in [0.4, 0.5) is 11.4 Å². The van der Waals surface area contributed by atoms with Gasteiger partial charge >= 0.3 is 0 Å². The van der Waals surface area contributed by atoms with Crippen LogP contribution in [0.25, 0.3) is 0 Å². The van der Waals surface area contributed by atoms with E-state index in [-0.39, 0.29) is 29.3 Å². The fourth-order valence-corrected chi connectivity index (χ4v) is 3.77. The second-order valence-electron chi connectivity index (χ2n) is 8.22. The monoisotopic (exact) mass is 489 g/mol. The number of amides is 3. The van der Waals surface area contributed by atoms with E-state index in [2.05, 4.69) is 10.6 Å². The summed E-state index contributed by atoms with van der Waals surface area (Å²) in [5, 5.41) is 5.55. The van der Waals surface area contributed by atoms with Gasteiger partial charge in [-0.3, -0.25) is 19.3 Å². The lowest BCUT2D eigenvalue weighted by atomic mass is 10.1. The summed E-state index contributed by atoms with van der Waals surface area (Å²) >= 11 is 6.20. The maximum atomic E-state index is 12.9. The number of carbonyl (C=O) groups is 3. The van der Waals surface area contributed by atoms with Crippen molar-refractivity contribution >= 4 is 40.7 Å². The molecule has 0 aromatic heterocycles. The van der Waals surface area contributed by atoms with Crippen molar-refractivity contribution in [1.82, 2.24) is 4.90 Å². The van der Waals surface area contributed by atoms with Gasteiger partial charge in [0.15, 0.2) is 0 Å². The second kappa shape index (κ2) is 10.4. The van der Waals surface area contributed by atoms with Crippen molar-refractivity contribution in [2.24, 2.45) is 0 Å². The van der Waals surface area contributed by atoms with Crippen LogP contribution in [0.3, 0.4) is 0 Å². The van der Waals surface area contributed by atoms with Gasteiger partial charge in [-0.1, -0.05) is 48.0 Å². The van der Waals surface area contributed by atoms with E-state index in [0.717, 1.165) is 10.5 Å². The second-order valence-corrected chi connectivity index (χ2v) is 8.60. The molecule has 0 aliphatic carbocycles. The summed E-state index contributed by atoms with van der Waals surface area (Å²) in [6.07, 6.45) is 0.0572. The van der Waals surface area contributed by atoms with Gasteiger partial charge in [0.25, 0.3) is 17.7 Å². The molecule has 35 heavy (non-hydrogen) atoms. The lowest BCUT2D eigenvalue weighted by Crippen LogP contribution is -2.31. The molecule has 0 saturated carbocycles. The van der Waals surface area contributed by atoms with Crippen molar-refractivity contribution in [2.75, 3.05) is 10.6 Å². The fourth-order valence-electron chi connectivity index (χ4n) is 3.54. The van der Waals surface area contributed by atoms with Crippen LogP contribution in [0.5, 0.6) is 5.75 Å². The molecule has 0 bridgehead atoms. The minimum atomic E-state index is -0.568. The first-order valence-electron chi connectivity index (χ1n) is 11.1. The summed E-state index contributed by atoms with van der Waals surface area (Å²) in [7, 11) is 0. The van der Waals surface area contributed by atoms with E-state index in [0.29, 0.717) is 22.7 Å². The number of halogens is 1. The van der Waals surface area contributed by atoms with Crippen LogP contribution in [-0.2, 0) is 16.1 Å². The van der Waals surface area contributed by atoms with E-state index in [1.165, 1.54) is 0 Å². The van der Waals surface area contributed by atoms with E-state index in [1.54, 1.807) is 48.5 Å². The number of benzene rings is 3. The predicted molar refractivity (Wildman–Crippen MR) is 135 cm³/mol. The van der Waals surface area contributed by atoms with Gasteiger partial charge in [0.05, 0.1) is 12.6 Å². The third kappa shape index (κ3) is 5.70. The Kier molecular flexibility index (Phi) is 7.17. The zero-order valence-electron chi connectivity index (χ0n) is 19.2. The number of imide groups is 1. The van der Waals surface area contributed by atoms with Gasteiger partial charge in [0.2, 0.25) is 0 Å². The Labute approximate surface area is 208 Å². The molecule has 1 heterocycles. The lowest BCUT2D eigenvalue weighted by Gasteiger charge is -2.15. The number of hydrogen-bond acceptors (Lipinski definition) is 5. The molecule has 0 saturated heterocycles. The summed E-state index contributed by atoms with van der Waals surface area (Å²) in [4.78, 5) is 39.3. The molecule has 1 aliphatic rings. The molecular weight excluding hydrogens is 466 g/mol. The van der Waals surface area contributed by atoms with E-state index in [9.17, 15) is 14.4 Å². The molecule has 0 spiro atoms. The lowest BCUT2D eigenvalue weighted by molar-refractivity contribution is -0.138. The summed E-state index contributed by atoms with van der Waals surface area (Å²) in [5.41, 5.74) is 2.22. The van der Waals surface area contributed by atoms with Gasteiger partial charge in [0.1, 0.15) is 16.5 Å². The van der Waals surface area contributed by atoms with E-state index in [1.807, 2.05) is 44.2 Å². The first kappa shape index (κ1) is 24.0. The first-order chi connectivity index (χ1) is 16.8. The van der Waals surface area contributed by atoms with Gasteiger partial charge in [0, 0.05) is 16.9 Å². The van der Waals surface area contributed by atoms with Gasteiger partial charge in [-0.05, 0) is 61.9 Å². The minimum Gasteiger partial charge on any atom is -0.491 e. The van der Waals surface area contributed by atoms with E-state index < -0.39 is 11.8 Å². The van der Waals surface area contributed by atoms with Crippen molar-refractivity contribution < 1.29 is 19.1 Å². The summed E-state index contributed by atoms with van der Waals surface area (Å²) in [5.74, 6) is -0.707. The van der Waals surface area contributed by atoms with Crippen molar-refractivity contribution in [2.45, 2.75) is 26.5 Å². The molecule has 1 aliphatic heterocycles. The quantitative estimate of drug-likeness (QED) is 0.427. The SMILES string of the molecule is CC(C)Oc1ccc(NC(=O)c2cccc(NC3=C(Cl)C(=O)N(Cc4ccccc4)C3=O)c2)cc1. The largest absolute Gasteiger partial charge is 0.491 e. The summed E-state index contributed by atoms with van der Waals surface area (Å²) in [6, 6.07) is 22.8. The maximum absolute atomic E-state index is 12.9. The number of nitrogens with zero attached hydrogens (tertiary/aromatic N) is 1. The van der Waals surface area contributed by atoms with Crippen LogP contribution >= 0.6 is 11.6 Å². The van der Waals surface area contributed by atoms with Crippen LogP contribution in [-0.4, -0.2) is 28.7 Å². The Morgan fingerprint density at radius 2 is 1.63 bits per heavy atom. The van der Waals surface area contributed by atoms with Crippen molar-refractivity contribution in [1.29, 1.82) is 0 Å². The molecule has 3 amide bonds. The minimum absolute atomic E-state index is 0.0223. The molecule has 8 heteroatoms. The Morgan fingerprint density at radius 1 is 0.914 bits per heavy atom. The molecule has 3 aromatic carbocycles. The van der Waals surface area contributed by atoms with Crippen molar-refractivity contribution in [3.63, 3.8) is 0 Å². The van der Waals surface area contributed by atoms with Gasteiger partial charge in [-0.2, -0.15) is 0 Å². The van der Waals surface area contributed by atoms with Crippen LogP contribution < -0.4 is 15.4 Å². The number of nitrogens with one attached hydrogen (secondary N) is 2. The van der Waals surface area contributed by atoms with Gasteiger partial charge < -0.3 is 15.4 Å². The Morgan fingerprint density at radius 3 is 2.31 bits per heavy atom. The number of carbonyl (C=O) groups excluding carboxylic acids is 3. The zero-order chi connectivity index (χ0) is 24.9. The molecule has 7 nitrogen and oxygen atoms in total. The fraction of sp³-hybridized carbons (Fsp3) is 0.148. The number of ether oxygens (including phenoxy) is 1. The van der Waals surface area contributed by atoms with Crippen LogP contribution in [0.1, 0.15) is 29.8 Å². The van der Waals surface area contributed by atoms with E-state index >= 15 is 0 Å². The molecule has 2 N–H and O–H groups in total. The molecule has 0 radical (unpaired) electrons. The third-order valence-electron chi connectivity index (χ3n) is 5.17. The Bertz CT molecular complexity index is 1290. The molecule has 0 atom stereocenters. The molecule has 0 fully saturated rings. The van der Waals surface area contributed by atoms with Crippen LogP contribution in [0.2, 0.25) is 0 Å². The van der Waals surface area contributed by atoms with Crippen molar-refractivity contribution in [3.05, 3.63) is 101 Å². The number of rotatable bonds is 8. The topological polar surface area (TPSA) is 87.7 Å². The highest BCUT2D eigenvalue weighted by Gasteiger charge is 2.37. The highest BCUT2D eigenvalue weighted by Crippen LogP contribution is 2.27. The predicted octanol–water partition coefficient (Wildman–Crippen LogP) is 5.16. The van der Waals surface area contributed by atoms with Gasteiger partial charge in [-0.15, -0.1) is 0 Å². The summed E-state index contributed by atoms with van der Waals surface area (Å²) in [6.45, 7) is 3.99. The highest BCUT2D eigenvalue weighted by atomic mass is 35.5. The molecular formula is C27H24ClN3O4. The average molecular weight is 490 g/mol. The first-order valence-corrected chi connectivity index (χ1v) is 11.4. The third-order valence-corrected chi connectivity index (χ3v) is 5.52. The van der Waals surface area contributed by atoms with Crippen LogP contribution in [0.15, 0.2) is 89.6 Å². The normalized spacial score (nSPS) is 13.4. The van der Waals surface area contributed by atoms with Crippen LogP contribution in [0, 0.1) is 0 Å². The van der Waals surface area contributed by atoms with E-state index in [4.69, 9.17) is 16.3 Å². The highest BCUT2D eigenvalue weighted by molar-refractivity contribution is 6.48. The standard InChI is InChI=1S/C27H24ClN3O4/c1-17(2)35-22-13-11-20(12-14-22)30-25(32)19-9-6-10-21(15-19)29-24-23(28)26(33)31(27(24)34)16-18-7-4-3-5-8-18/h3-15,17,29H,16H2,1-2H3,(H,30,32). The summed E-state index contributed by atoms with van der Waals surface area (Å²) < 4.78 is 5.61. The Balaban J connectivity index is 1.44.